The van der Waals surface area contributed by atoms with Gasteiger partial charge >= 0.3 is 0 Å². The van der Waals surface area contributed by atoms with Gasteiger partial charge in [-0.3, -0.25) is 0 Å². The average Bonchev–Trinajstić information content (AvgIpc) is 3.50. The first-order chi connectivity index (χ1) is 15.3. The van der Waals surface area contributed by atoms with E-state index in [1.54, 1.807) is 16.7 Å². The fourth-order valence-corrected chi connectivity index (χ4v) is 6.20. The van der Waals surface area contributed by atoms with Crippen molar-refractivity contribution in [2.45, 2.75) is 63.7 Å². The summed E-state index contributed by atoms with van der Waals surface area (Å²) in [5.41, 5.74) is 12.0. The zero-order valence-electron chi connectivity index (χ0n) is 18.4. The standard InChI is InChI=1S/C31H32/c1-2-6-23(7-3-1)25-14-12-22(13-15-25)20-27-18-19-30(31-11-5-10-29(27)31)28-17-16-24-8-4-9-26(24)21-28/h5,10-19,21,23,31H,1-4,6-9,20H2. The fraction of sp³-hybridized carbons (Fsp3) is 0.355. The van der Waals surface area contributed by atoms with Gasteiger partial charge in [-0.1, -0.05) is 92.1 Å². The highest BCUT2D eigenvalue weighted by molar-refractivity contribution is 5.79. The summed E-state index contributed by atoms with van der Waals surface area (Å²) in [5, 5.41) is 0. The Kier molecular flexibility index (Phi) is 5.03. The van der Waals surface area contributed by atoms with Crippen molar-refractivity contribution in [1.29, 1.82) is 0 Å². The van der Waals surface area contributed by atoms with Crippen molar-refractivity contribution in [3.8, 4) is 0 Å². The van der Waals surface area contributed by atoms with Crippen LogP contribution in [0.5, 0.6) is 0 Å². The van der Waals surface area contributed by atoms with Crippen LogP contribution in [-0.4, -0.2) is 0 Å². The van der Waals surface area contributed by atoms with Crippen LogP contribution in [0.4, 0.5) is 0 Å². The monoisotopic (exact) mass is 404 g/mol. The van der Waals surface area contributed by atoms with Crippen LogP contribution in [0.25, 0.3) is 5.57 Å². The Hall–Kier alpha value is -2.60. The summed E-state index contributed by atoms with van der Waals surface area (Å²) in [6.07, 6.45) is 23.6. The zero-order valence-corrected chi connectivity index (χ0v) is 18.4. The first kappa shape index (κ1) is 19.1. The van der Waals surface area contributed by atoms with Crippen LogP contribution in [0.15, 0.2) is 84.0 Å². The predicted molar refractivity (Wildman–Crippen MR) is 131 cm³/mol. The SMILES string of the molecule is C1=CC2C(=C1)C(Cc1ccc(C3CCCCC3)cc1)=CC=C2c1ccc2c(c1)CCC2. The van der Waals surface area contributed by atoms with Gasteiger partial charge in [0.25, 0.3) is 0 Å². The molecule has 2 aromatic carbocycles. The van der Waals surface area contributed by atoms with Crippen molar-refractivity contribution in [3.63, 3.8) is 0 Å². The number of benzene rings is 2. The molecule has 0 radical (unpaired) electrons. The largest absolute Gasteiger partial charge is 0.0726 e. The highest BCUT2D eigenvalue weighted by Gasteiger charge is 2.26. The Morgan fingerprint density at radius 3 is 2.42 bits per heavy atom. The van der Waals surface area contributed by atoms with Gasteiger partial charge in [0.15, 0.2) is 0 Å². The van der Waals surface area contributed by atoms with Gasteiger partial charge in [0.1, 0.15) is 0 Å². The van der Waals surface area contributed by atoms with E-state index in [-0.39, 0.29) is 0 Å². The van der Waals surface area contributed by atoms with E-state index >= 15 is 0 Å². The lowest BCUT2D eigenvalue weighted by atomic mass is 9.79. The van der Waals surface area contributed by atoms with E-state index < -0.39 is 0 Å². The summed E-state index contributed by atoms with van der Waals surface area (Å²) in [6, 6.07) is 16.7. The quantitative estimate of drug-likeness (QED) is 0.486. The minimum atomic E-state index is 0.418. The Morgan fingerprint density at radius 1 is 0.710 bits per heavy atom. The van der Waals surface area contributed by atoms with Gasteiger partial charge in [-0.15, -0.1) is 0 Å². The average molecular weight is 405 g/mol. The number of hydrogen-bond acceptors (Lipinski definition) is 0. The van der Waals surface area contributed by atoms with Crippen molar-refractivity contribution in [2.24, 2.45) is 5.92 Å². The number of hydrogen-bond donors (Lipinski definition) is 0. The van der Waals surface area contributed by atoms with Crippen molar-refractivity contribution in [1.82, 2.24) is 0 Å². The molecule has 1 fully saturated rings. The summed E-state index contributed by atoms with van der Waals surface area (Å²) in [4.78, 5) is 0. The molecule has 0 spiro atoms. The molecule has 0 heterocycles. The van der Waals surface area contributed by atoms with Gasteiger partial charge < -0.3 is 0 Å². The maximum absolute atomic E-state index is 2.46. The van der Waals surface area contributed by atoms with E-state index in [0.29, 0.717) is 5.92 Å². The van der Waals surface area contributed by atoms with Gasteiger partial charge in [-0.05, 0) is 89.0 Å². The third-order valence-corrected chi connectivity index (χ3v) is 7.97. The van der Waals surface area contributed by atoms with Gasteiger partial charge in [-0.25, -0.2) is 0 Å². The number of rotatable bonds is 4. The Bertz CT molecular complexity index is 1100. The summed E-state index contributed by atoms with van der Waals surface area (Å²) in [7, 11) is 0. The predicted octanol–water partition coefficient (Wildman–Crippen LogP) is 7.90. The molecule has 0 N–H and O–H groups in total. The van der Waals surface area contributed by atoms with Crippen LogP contribution < -0.4 is 0 Å². The fourth-order valence-electron chi connectivity index (χ4n) is 6.20. The van der Waals surface area contributed by atoms with Crippen molar-refractivity contribution in [2.75, 3.05) is 0 Å². The molecule has 0 amide bonds. The lowest BCUT2D eigenvalue weighted by molar-refractivity contribution is 0.443. The number of allylic oxidation sites excluding steroid dienone is 8. The van der Waals surface area contributed by atoms with Gasteiger partial charge in [0, 0.05) is 5.92 Å². The second-order valence-electron chi connectivity index (χ2n) is 9.89. The van der Waals surface area contributed by atoms with Crippen molar-refractivity contribution in [3.05, 3.63) is 112 Å². The maximum atomic E-state index is 2.46. The van der Waals surface area contributed by atoms with E-state index in [2.05, 4.69) is 72.8 Å². The molecule has 0 aromatic heterocycles. The molecule has 31 heavy (non-hydrogen) atoms. The molecule has 4 aliphatic carbocycles. The Labute approximate surface area is 187 Å². The van der Waals surface area contributed by atoms with Crippen LogP contribution in [0.1, 0.15) is 72.3 Å². The lowest BCUT2D eigenvalue weighted by Gasteiger charge is -2.25. The molecule has 0 nitrogen and oxygen atoms in total. The van der Waals surface area contributed by atoms with Crippen LogP contribution in [0.2, 0.25) is 0 Å². The normalized spacial score (nSPS) is 22.6. The summed E-state index contributed by atoms with van der Waals surface area (Å²) in [5.74, 6) is 1.21. The van der Waals surface area contributed by atoms with Gasteiger partial charge in [-0.2, -0.15) is 0 Å². The second kappa shape index (κ2) is 8.15. The van der Waals surface area contributed by atoms with E-state index in [9.17, 15) is 0 Å². The topological polar surface area (TPSA) is 0 Å². The van der Waals surface area contributed by atoms with E-state index in [0.717, 1.165) is 12.3 Å². The molecule has 0 saturated heterocycles. The van der Waals surface area contributed by atoms with E-state index in [1.165, 1.54) is 79.2 Å². The van der Waals surface area contributed by atoms with E-state index in [4.69, 9.17) is 0 Å². The molecule has 156 valence electrons. The van der Waals surface area contributed by atoms with Crippen LogP contribution in [0, 0.1) is 5.92 Å². The molecular formula is C31H32. The molecular weight excluding hydrogens is 372 g/mol. The molecule has 1 unspecified atom stereocenters. The molecule has 4 aliphatic rings. The Morgan fingerprint density at radius 2 is 1.55 bits per heavy atom. The highest BCUT2D eigenvalue weighted by Crippen LogP contribution is 2.42. The number of fused-ring (bicyclic) bond motifs is 2. The molecule has 6 rings (SSSR count). The summed E-state index contributed by atoms with van der Waals surface area (Å²) in [6.45, 7) is 0. The van der Waals surface area contributed by atoms with Crippen molar-refractivity contribution >= 4 is 5.57 Å². The zero-order chi connectivity index (χ0) is 20.6. The first-order valence-electron chi connectivity index (χ1n) is 12.4. The molecule has 2 aromatic rings. The van der Waals surface area contributed by atoms with Gasteiger partial charge in [0.05, 0.1) is 0 Å². The second-order valence-corrected chi connectivity index (χ2v) is 9.89. The minimum absolute atomic E-state index is 0.418. The summed E-state index contributed by atoms with van der Waals surface area (Å²) < 4.78 is 0. The molecule has 1 saturated carbocycles. The van der Waals surface area contributed by atoms with Gasteiger partial charge in [0.2, 0.25) is 0 Å². The lowest BCUT2D eigenvalue weighted by Crippen LogP contribution is -2.10. The molecule has 0 heteroatoms. The highest BCUT2D eigenvalue weighted by atomic mass is 14.3. The third kappa shape index (κ3) is 3.67. The summed E-state index contributed by atoms with van der Waals surface area (Å²) >= 11 is 0. The first-order valence-corrected chi connectivity index (χ1v) is 12.4. The molecule has 0 aliphatic heterocycles. The van der Waals surface area contributed by atoms with Crippen LogP contribution in [-0.2, 0) is 19.3 Å². The smallest absolute Gasteiger partial charge is 0.0281 e. The van der Waals surface area contributed by atoms with Crippen LogP contribution >= 0.6 is 0 Å². The maximum Gasteiger partial charge on any atom is 0.0281 e. The minimum Gasteiger partial charge on any atom is -0.0726 e. The van der Waals surface area contributed by atoms with Crippen molar-refractivity contribution < 1.29 is 0 Å². The van der Waals surface area contributed by atoms with Crippen LogP contribution in [0.3, 0.4) is 0 Å². The van der Waals surface area contributed by atoms with E-state index in [1.807, 2.05) is 0 Å². The molecule has 0 bridgehead atoms. The molecule has 1 atom stereocenters. The Balaban J connectivity index is 1.24. The number of aryl methyl sites for hydroxylation is 2. The third-order valence-electron chi connectivity index (χ3n) is 7.97.